The van der Waals surface area contributed by atoms with Crippen LogP contribution in [0.1, 0.15) is 19.4 Å². The number of rotatable bonds is 5. The maximum atomic E-state index is 14.1. The summed E-state index contributed by atoms with van der Waals surface area (Å²) in [4.78, 5) is -0.504. The van der Waals surface area contributed by atoms with Crippen molar-refractivity contribution in [1.29, 1.82) is 0 Å². The van der Waals surface area contributed by atoms with Gasteiger partial charge in [-0.2, -0.15) is 0 Å². The van der Waals surface area contributed by atoms with E-state index in [1.807, 2.05) is 0 Å². The summed E-state index contributed by atoms with van der Waals surface area (Å²) in [7, 11) is -1.14. The summed E-state index contributed by atoms with van der Waals surface area (Å²) in [5, 5.41) is 0. The van der Waals surface area contributed by atoms with Crippen molar-refractivity contribution in [2.45, 2.75) is 30.7 Å². The molecule has 1 aromatic rings. The van der Waals surface area contributed by atoms with Crippen molar-refractivity contribution >= 4 is 9.84 Å². The molecule has 7 heteroatoms. The summed E-state index contributed by atoms with van der Waals surface area (Å²) in [5.74, 6) is -0.813. The van der Waals surface area contributed by atoms with Crippen LogP contribution in [0.2, 0.25) is 0 Å². The Balaban J connectivity index is 3.65. The second-order valence-corrected chi connectivity index (χ2v) is 7.30. The van der Waals surface area contributed by atoms with Crippen LogP contribution in [0.15, 0.2) is 11.0 Å². The Hall–Kier alpha value is -1.34. The number of ether oxygens (including phenoxy) is 2. The zero-order valence-corrected chi connectivity index (χ0v) is 13.1. The third-order valence-electron chi connectivity index (χ3n) is 2.65. The second kappa shape index (κ2) is 5.57. The monoisotopic (exact) mass is 305 g/mol. The van der Waals surface area contributed by atoms with Crippen molar-refractivity contribution in [3.05, 3.63) is 17.4 Å². The fraction of sp³-hybridized carbons (Fsp3) is 0.538. The van der Waals surface area contributed by atoms with E-state index < -0.39 is 26.1 Å². The van der Waals surface area contributed by atoms with Gasteiger partial charge in [0.25, 0.3) is 0 Å². The van der Waals surface area contributed by atoms with Crippen LogP contribution in [-0.4, -0.2) is 34.4 Å². The number of halogens is 1. The minimum atomic E-state index is -3.78. The van der Waals surface area contributed by atoms with E-state index in [1.165, 1.54) is 14.2 Å². The van der Waals surface area contributed by atoms with Crippen LogP contribution < -0.4 is 15.2 Å². The molecule has 0 saturated heterocycles. The van der Waals surface area contributed by atoms with Crippen LogP contribution in [0.25, 0.3) is 0 Å². The number of sulfone groups is 1. The number of benzene rings is 1. The Morgan fingerprint density at radius 3 is 2.10 bits per heavy atom. The molecule has 2 N–H and O–H groups in total. The van der Waals surface area contributed by atoms with E-state index in [1.54, 1.807) is 13.8 Å². The first-order valence-corrected chi connectivity index (χ1v) is 7.82. The standard InChI is InChI=1S/C13H20FNO4S/c1-13(2,15)7-8-6-9(14)12(20(5,16)17)11(19-4)10(8)18-3/h6H,7,15H2,1-5H3. The van der Waals surface area contributed by atoms with Gasteiger partial charge in [0.15, 0.2) is 21.3 Å². The highest BCUT2D eigenvalue weighted by molar-refractivity contribution is 7.90. The fourth-order valence-corrected chi connectivity index (χ4v) is 2.94. The molecule has 0 unspecified atom stereocenters. The van der Waals surface area contributed by atoms with E-state index in [4.69, 9.17) is 15.2 Å². The maximum absolute atomic E-state index is 14.1. The Morgan fingerprint density at radius 1 is 1.25 bits per heavy atom. The zero-order valence-electron chi connectivity index (χ0n) is 12.3. The van der Waals surface area contributed by atoms with Crippen LogP contribution in [0.4, 0.5) is 4.39 Å². The van der Waals surface area contributed by atoms with Gasteiger partial charge in [-0.1, -0.05) is 0 Å². The van der Waals surface area contributed by atoms with Gasteiger partial charge >= 0.3 is 0 Å². The number of hydrogen-bond donors (Lipinski definition) is 1. The van der Waals surface area contributed by atoms with E-state index in [0.717, 1.165) is 12.3 Å². The second-order valence-electron chi connectivity index (χ2n) is 5.35. The van der Waals surface area contributed by atoms with Gasteiger partial charge < -0.3 is 15.2 Å². The molecule has 0 amide bonds. The minimum Gasteiger partial charge on any atom is -0.493 e. The van der Waals surface area contributed by atoms with E-state index in [0.29, 0.717) is 12.0 Å². The highest BCUT2D eigenvalue weighted by Crippen LogP contribution is 2.40. The normalized spacial score (nSPS) is 12.3. The average molecular weight is 305 g/mol. The molecule has 1 aromatic carbocycles. The average Bonchev–Trinajstić information content (AvgIpc) is 2.23. The van der Waals surface area contributed by atoms with Crippen molar-refractivity contribution in [2.24, 2.45) is 5.73 Å². The van der Waals surface area contributed by atoms with Gasteiger partial charge in [0, 0.05) is 17.4 Å². The summed E-state index contributed by atoms with van der Waals surface area (Å²) in [5.41, 5.74) is 5.78. The van der Waals surface area contributed by atoms with Crippen LogP contribution in [0.5, 0.6) is 11.5 Å². The summed E-state index contributed by atoms with van der Waals surface area (Å²) < 4.78 is 47.8. The van der Waals surface area contributed by atoms with Crippen LogP contribution >= 0.6 is 0 Å². The predicted octanol–water partition coefficient (Wildman–Crippen LogP) is 1.53. The maximum Gasteiger partial charge on any atom is 0.182 e. The third-order valence-corrected chi connectivity index (χ3v) is 3.77. The molecule has 0 spiro atoms. The molecule has 0 bridgehead atoms. The lowest BCUT2D eigenvalue weighted by atomic mass is 9.95. The van der Waals surface area contributed by atoms with E-state index >= 15 is 0 Å². The molecular formula is C13H20FNO4S. The first-order valence-electron chi connectivity index (χ1n) is 5.93. The van der Waals surface area contributed by atoms with Crippen LogP contribution in [-0.2, 0) is 16.3 Å². The molecule has 5 nitrogen and oxygen atoms in total. The van der Waals surface area contributed by atoms with E-state index in [-0.39, 0.29) is 11.5 Å². The molecule has 0 aliphatic rings. The van der Waals surface area contributed by atoms with Gasteiger partial charge in [-0.15, -0.1) is 0 Å². The van der Waals surface area contributed by atoms with Gasteiger partial charge in [0.05, 0.1) is 14.2 Å². The molecule has 0 aliphatic carbocycles. The van der Waals surface area contributed by atoms with Gasteiger partial charge in [0.2, 0.25) is 0 Å². The lowest BCUT2D eigenvalue weighted by Gasteiger charge is -2.22. The topological polar surface area (TPSA) is 78.6 Å². The molecule has 0 aromatic heterocycles. The molecule has 0 heterocycles. The highest BCUT2D eigenvalue weighted by Gasteiger charge is 2.28. The molecular weight excluding hydrogens is 285 g/mol. The summed E-state index contributed by atoms with van der Waals surface area (Å²) in [6.45, 7) is 3.56. The summed E-state index contributed by atoms with van der Waals surface area (Å²) >= 11 is 0. The lowest BCUT2D eigenvalue weighted by Crippen LogP contribution is -2.34. The molecule has 0 aliphatic heterocycles. The third kappa shape index (κ3) is 3.61. The van der Waals surface area contributed by atoms with Crippen molar-refractivity contribution in [3.63, 3.8) is 0 Å². The van der Waals surface area contributed by atoms with Gasteiger partial charge in [-0.05, 0) is 26.3 Å². The summed E-state index contributed by atoms with van der Waals surface area (Å²) in [6, 6.07) is 1.13. The van der Waals surface area contributed by atoms with Gasteiger partial charge in [-0.25, -0.2) is 12.8 Å². The Morgan fingerprint density at radius 2 is 1.75 bits per heavy atom. The first kappa shape index (κ1) is 16.7. The van der Waals surface area contributed by atoms with Crippen LogP contribution in [0, 0.1) is 5.82 Å². The van der Waals surface area contributed by atoms with E-state index in [2.05, 4.69) is 0 Å². The van der Waals surface area contributed by atoms with Gasteiger partial charge in [-0.3, -0.25) is 0 Å². The number of methoxy groups -OCH3 is 2. The highest BCUT2D eigenvalue weighted by atomic mass is 32.2. The quantitative estimate of drug-likeness (QED) is 0.892. The molecule has 0 radical (unpaired) electrons. The number of hydrogen-bond acceptors (Lipinski definition) is 5. The Labute approximate surface area is 118 Å². The minimum absolute atomic E-state index is 0.130. The van der Waals surface area contributed by atoms with Gasteiger partial charge in [0.1, 0.15) is 10.7 Å². The molecule has 1 rings (SSSR count). The fourth-order valence-electron chi connectivity index (χ4n) is 2.02. The van der Waals surface area contributed by atoms with E-state index in [9.17, 15) is 12.8 Å². The smallest absolute Gasteiger partial charge is 0.182 e. The van der Waals surface area contributed by atoms with Crippen molar-refractivity contribution < 1.29 is 22.3 Å². The molecule has 0 atom stereocenters. The van der Waals surface area contributed by atoms with Crippen molar-refractivity contribution in [1.82, 2.24) is 0 Å². The van der Waals surface area contributed by atoms with Crippen LogP contribution in [0.3, 0.4) is 0 Å². The van der Waals surface area contributed by atoms with Crippen molar-refractivity contribution in [2.75, 3.05) is 20.5 Å². The lowest BCUT2D eigenvalue weighted by molar-refractivity contribution is 0.335. The largest absolute Gasteiger partial charge is 0.493 e. The summed E-state index contributed by atoms with van der Waals surface area (Å²) in [6.07, 6.45) is 1.23. The molecule has 0 saturated carbocycles. The molecule has 20 heavy (non-hydrogen) atoms. The Kier molecular flexibility index (Phi) is 4.66. The zero-order chi connectivity index (χ0) is 15.7. The number of nitrogens with two attached hydrogens (primary N) is 1. The predicted molar refractivity (Wildman–Crippen MR) is 74.6 cm³/mol. The molecule has 0 fully saturated rings. The first-order chi connectivity index (χ1) is 9.01. The molecule has 114 valence electrons. The van der Waals surface area contributed by atoms with Crippen molar-refractivity contribution in [3.8, 4) is 11.5 Å². The SMILES string of the molecule is COc1c(CC(C)(C)N)cc(F)c(S(C)(=O)=O)c1OC. The Bertz CT molecular complexity index is 606.